The number of benzene rings is 1. The molecule has 0 aliphatic heterocycles. The van der Waals surface area contributed by atoms with Crippen LogP contribution in [0.4, 0.5) is 0 Å². The summed E-state index contributed by atoms with van der Waals surface area (Å²) in [6.45, 7) is 6.32. The SMILES string of the molecule is CCc1noc(CC)c1CNC(=O)c1oc2ccccc2c1C. The van der Waals surface area contributed by atoms with Gasteiger partial charge in [-0.05, 0) is 19.4 Å². The maximum atomic E-state index is 12.5. The molecule has 3 rings (SSSR count). The Bertz CT molecular complexity index is 824. The Morgan fingerprint density at radius 1 is 1.22 bits per heavy atom. The normalized spacial score (nSPS) is 11.1. The van der Waals surface area contributed by atoms with E-state index in [2.05, 4.69) is 10.5 Å². The fourth-order valence-corrected chi connectivity index (χ4v) is 2.78. The molecule has 0 bridgehead atoms. The molecule has 1 amide bonds. The van der Waals surface area contributed by atoms with Crippen molar-refractivity contribution >= 4 is 16.9 Å². The minimum absolute atomic E-state index is 0.219. The van der Waals surface area contributed by atoms with Gasteiger partial charge in [-0.2, -0.15) is 0 Å². The zero-order valence-corrected chi connectivity index (χ0v) is 13.6. The number of carbonyl (C=O) groups excluding carboxylic acids is 1. The molecular weight excluding hydrogens is 292 g/mol. The van der Waals surface area contributed by atoms with Gasteiger partial charge in [0.1, 0.15) is 11.3 Å². The van der Waals surface area contributed by atoms with Crippen LogP contribution in [0.2, 0.25) is 0 Å². The topological polar surface area (TPSA) is 68.3 Å². The van der Waals surface area contributed by atoms with Gasteiger partial charge in [0.15, 0.2) is 5.76 Å². The number of amides is 1. The highest BCUT2D eigenvalue weighted by molar-refractivity contribution is 5.98. The number of nitrogens with one attached hydrogen (secondary N) is 1. The Labute approximate surface area is 134 Å². The third kappa shape index (κ3) is 2.74. The number of furan rings is 1. The summed E-state index contributed by atoms with van der Waals surface area (Å²) < 4.78 is 11.0. The molecule has 0 atom stereocenters. The van der Waals surface area contributed by atoms with Crippen molar-refractivity contribution in [3.8, 4) is 0 Å². The monoisotopic (exact) mass is 312 g/mol. The average molecular weight is 312 g/mol. The second kappa shape index (κ2) is 6.28. The third-order valence-electron chi connectivity index (χ3n) is 4.08. The summed E-state index contributed by atoms with van der Waals surface area (Å²) in [5.74, 6) is 0.964. The van der Waals surface area contributed by atoms with E-state index in [1.165, 1.54) is 0 Å². The molecule has 1 aromatic carbocycles. The molecule has 3 aromatic rings. The molecule has 120 valence electrons. The number of fused-ring (bicyclic) bond motifs is 1. The number of aromatic nitrogens is 1. The highest BCUT2D eigenvalue weighted by Gasteiger charge is 2.19. The van der Waals surface area contributed by atoms with E-state index in [4.69, 9.17) is 8.94 Å². The van der Waals surface area contributed by atoms with Gasteiger partial charge in [0.05, 0.1) is 5.69 Å². The molecular formula is C18H20N2O3. The van der Waals surface area contributed by atoms with Crippen molar-refractivity contribution in [2.45, 2.75) is 40.2 Å². The van der Waals surface area contributed by atoms with Crippen molar-refractivity contribution < 1.29 is 13.7 Å². The summed E-state index contributed by atoms with van der Waals surface area (Å²) in [5.41, 5.74) is 3.44. The highest BCUT2D eigenvalue weighted by Crippen LogP contribution is 2.25. The second-order valence-corrected chi connectivity index (χ2v) is 5.47. The fraction of sp³-hybridized carbons (Fsp3) is 0.333. The quantitative estimate of drug-likeness (QED) is 0.778. The average Bonchev–Trinajstić information content (AvgIpc) is 3.13. The Morgan fingerprint density at radius 2 is 2.00 bits per heavy atom. The molecule has 23 heavy (non-hydrogen) atoms. The number of nitrogens with zero attached hydrogens (tertiary/aromatic N) is 1. The largest absolute Gasteiger partial charge is 0.451 e. The summed E-state index contributed by atoms with van der Waals surface area (Å²) in [7, 11) is 0. The van der Waals surface area contributed by atoms with Gasteiger partial charge in [0, 0.05) is 29.5 Å². The van der Waals surface area contributed by atoms with Crippen LogP contribution in [0, 0.1) is 6.92 Å². The van der Waals surface area contributed by atoms with Crippen LogP contribution in [0.5, 0.6) is 0 Å². The van der Waals surface area contributed by atoms with Gasteiger partial charge in [-0.1, -0.05) is 37.2 Å². The molecule has 5 nitrogen and oxygen atoms in total. The van der Waals surface area contributed by atoms with Gasteiger partial charge in [-0.3, -0.25) is 4.79 Å². The number of aryl methyl sites for hydroxylation is 3. The maximum Gasteiger partial charge on any atom is 0.287 e. The van der Waals surface area contributed by atoms with Gasteiger partial charge in [0.2, 0.25) is 0 Å². The lowest BCUT2D eigenvalue weighted by molar-refractivity contribution is 0.0924. The second-order valence-electron chi connectivity index (χ2n) is 5.47. The minimum Gasteiger partial charge on any atom is -0.451 e. The van der Waals surface area contributed by atoms with E-state index < -0.39 is 0 Å². The smallest absolute Gasteiger partial charge is 0.287 e. The van der Waals surface area contributed by atoms with E-state index in [0.717, 1.165) is 46.4 Å². The first-order chi connectivity index (χ1) is 11.2. The van der Waals surface area contributed by atoms with Crippen molar-refractivity contribution in [1.82, 2.24) is 10.5 Å². The summed E-state index contributed by atoms with van der Waals surface area (Å²) >= 11 is 0. The third-order valence-corrected chi connectivity index (χ3v) is 4.08. The zero-order chi connectivity index (χ0) is 16.4. The Kier molecular flexibility index (Phi) is 4.19. The van der Waals surface area contributed by atoms with E-state index in [0.29, 0.717) is 12.3 Å². The molecule has 0 saturated heterocycles. The van der Waals surface area contributed by atoms with Crippen LogP contribution in [0.25, 0.3) is 11.0 Å². The molecule has 0 spiro atoms. The minimum atomic E-state index is -0.219. The Hall–Kier alpha value is -2.56. The lowest BCUT2D eigenvalue weighted by Crippen LogP contribution is -2.23. The lowest BCUT2D eigenvalue weighted by atomic mass is 10.1. The van der Waals surface area contributed by atoms with Crippen molar-refractivity contribution in [3.05, 3.63) is 52.6 Å². The van der Waals surface area contributed by atoms with Gasteiger partial charge in [0.25, 0.3) is 5.91 Å². The first-order valence-corrected chi connectivity index (χ1v) is 7.88. The van der Waals surface area contributed by atoms with Crippen molar-refractivity contribution in [2.24, 2.45) is 0 Å². The summed E-state index contributed by atoms with van der Waals surface area (Å²) in [5, 5.41) is 7.94. The molecule has 0 radical (unpaired) electrons. The van der Waals surface area contributed by atoms with Gasteiger partial charge >= 0.3 is 0 Å². The van der Waals surface area contributed by atoms with E-state index in [-0.39, 0.29) is 5.91 Å². The molecule has 0 aliphatic carbocycles. The summed E-state index contributed by atoms with van der Waals surface area (Å²) in [6.07, 6.45) is 1.53. The Morgan fingerprint density at radius 3 is 2.70 bits per heavy atom. The first-order valence-electron chi connectivity index (χ1n) is 7.88. The molecule has 0 saturated carbocycles. The van der Waals surface area contributed by atoms with Gasteiger partial charge in [-0.15, -0.1) is 0 Å². The zero-order valence-electron chi connectivity index (χ0n) is 13.6. The molecule has 0 aliphatic rings. The fourth-order valence-electron chi connectivity index (χ4n) is 2.78. The predicted octanol–water partition coefficient (Wildman–Crippen LogP) is 3.78. The van der Waals surface area contributed by atoms with Crippen molar-refractivity contribution in [2.75, 3.05) is 0 Å². The predicted molar refractivity (Wildman–Crippen MR) is 87.4 cm³/mol. The number of para-hydroxylation sites is 1. The highest BCUT2D eigenvalue weighted by atomic mass is 16.5. The molecule has 0 unspecified atom stereocenters. The van der Waals surface area contributed by atoms with Crippen LogP contribution in [-0.4, -0.2) is 11.1 Å². The van der Waals surface area contributed by atoms with E-state index in [9.17, 15) is 4.79 Å². The van der Waals surface area contributed by atoms with E-state index in [1.807, 2.05) is 45.0 Å². The molecule has 5 heteroatoms. The molecule has 1 N–H and O–H groups in total. The van der Waals surface area contributed by atoms with Crippen LogP contribution >= 0.6 is 0 Å². The standard InChI is InChI=1S/C18H20N2O3/c1-4-14-13(15(5-2)23-20-14)10-19-18(21)17-11(3)12-8-6-7-9-16(12)22-17/h6-9H,4-5,10H2,1-3H3,(H,19,21). The number of hydrogen-bond acceptors (Lipinski definition) is 4. The maximum absolute atomic E-state index is 12.5. The van der Waals surface area contributed by atoms with Gasteiger partial charge < -0.3 is 14.3 Å². The van der Waals surface area contributed by atoms with Crippen LogP contribution < -0.4 is 5.32 Å². The molecule has 0 fully saturated rings. The lowest BCUT2D eigenvalue weighted by Gasteiger charge is -2.05. The number of hydrogen-bond donors (Lipinski definition) is 1. The van der Waals surface area contributed by atoms with Crippen LogP contribution in [0.3, 0.4) is 0 Å². The van der Waals surface area contributed by atoms with Crippen LogP contribution in [0.15, 0.2) is 33.2 Å². The number of carbonyl (C=O) groups is 1. The van der Waals surface area contributed by atoms with Crippen molar-refractivity contribution in [1.29, 1.82) is 0 Å². The number of rotatable bonds is 5. The Balaban J connectivity index is 1.82. The molecule has 2 aromatic heterocycles. The summed E-state index contributed by atoms with van der Waals surface area (Å²) in [6, 6.07) is 7.65. The van der Waals surface area contributed by atoms with Crippen LogP contribution in [-0.2, 0) is 19.4 Å². The summed E-state index contributed by atoms with van der Waals surface area (Å²) in [4.78, 5) is 12.5. The first kappa shape index (κ1) is 15.3. The van der Waals surface area contributed by atoms with Crippen molar-refractivity contribution in [3.63, 3.8) is 0 Å². The molecule has 2 heterocycles. The van der Waals surface area contributed by atoms with E-state index >= 15 is 0 Å². The van der Waals surface area contributed by atoms with Gasteiger partial charge in [-0.25, -0.2) is 0 Å². The van der Waals surface area contributed by atoms with Crippen LogP contribution in [0.1, 0.15) is 47.0 Å². The van der Waals surface area contributed by atoms with E-state index in [1.54, 1.807) is 0 Å².